The molecular formula is C12H12ClIN2S. The fourth-order valence-electron chi connectivity index (χ4n) is 2.35. The Morgan fingerprint density at radius 1 is 1.53 bits per heavy atom. The quantitative estimate of drug-likeness (QED) is 0.579. The van der Waals surface area contributed by atoms with Crippen molar-refractivity contribution in [1.29, 1.82) is 0 Å². The first-order valence-electron chi connectivity index (χ1n) is 5.59. The van der Waals surface area contributed by atoms with E-state index in [-0.39, 0.29) is 0 Å². The molecule has 0 radical (unpaired) electrons. The van der Waals surface area contributed by atoms with Crippen molar-refractivity contribution in [3.8, 4) is 0 Å². The van der Waals surface area contributed by atoms with Crippen molar-refractivity contribution in [3.05, 3.63) is 27.6 Å². The Morgan fingerprint density at radius 3 is 3.12 bits per heavy atom. The summed E-state index contributed by atoms with van der Waals surface area (Å²) in [7, 11) is 0. The van der Waals surface area contributed by atoms with Gasteiger partial charge in [0.1, 0.15) is 5.82 Å². The van der Waals surface area contributed by atoms with Crippen molar-refractivity contribution in [2.24, 2.45) is 0 Å². The molecule has 1 aromatic carbocycles. The molecule has 5 heteroatoms. The average molecular weight is 379 g/mol. The van der Waals surface area contributed by atoms with Gasteiger partial charge in [0.25, 0.3) is 0 Å². The molecule has 1 saturated heterocycles. The Labute approximate surface area is 123 Å². The van der Waals surface area contributed by atoms with Gasteiger partial charge < -0.3 is 4.57 Å². The summed E-state index contributed by atoms with van der Waals surface area (Å²) in [4.78, 5) is 4.65. The molecule has 1 aliphatic heterocycles. The first-order valence-corrected chi connectivity index (χ1v) is 8.36. The van der Waals surface area contributed by atoms with Crippen LogP contribution in [0.5, 0.6) is 0 Å². The standard InChI is InChI=1S/C12H12ClIN2S/c13-6-12-15-10-5-8(14)1-2-11(10)16(12)9-3-4-17-7-9/h1-2,5,9H,3-4,6-7H2. The van der Waals surface area contributed by atoms with Gasteiger partial charge in [-0.1, -0.05) is 0 Å². The second-order valence-electron chi connectivity index (χ2n) is 4.18. The van der Waals surface area contributed by atoms with Crippen molar-refractivity contribution in [2.75, 3.05) is 11.5 Å². The molecule has 0 spiro atoms. The smallest absolute Gasteiger partial charge is 0.125 e. The molecular weight excluding hydrogens is 367 g/mol. The van der Waals surface area contributed by atoms with Gasteiger partial charge in [-0.3, -0.25) is 0 Å². The number of nitrogens with zero attached hydrogens (tertiary/aromatic N) is 2. The average Bonchev–Trinajstić information content (AvgIpc) is 2.93. The largest absolute Gasteiger partial charge is 0.323 e. The number of hydrogen-bond donors (Lipinski definition) is 0. The molecule has 0 aliphatic carbocycles. The summed E-state index contributed by atoms with van der Waals surface area (Å²) in [5.74, 6) is 3.93. The zero-order chi connectivity index (χ0) is 11.8. The van der Waals surface area contributed by atoms with E-state index in [4.69, 9.17) is 11.6 Å². The van der Waals surface area contributed by atoms with Gasteiger partial charge in [-0.25, -0.2) is 4.98 Å². The molecule has 1 atom stereocenters. The van der Waals surface area contributed by atoms with Gasteiger partial charge in [-0.2, -0.15) is 11.8 Å². The maximum atomic E-state index is 6.03. The van der Waals surface area contributed by atoms with Crippen molar-refractivity contribution in [3.63, 3.8) is 0 Å². The lowest BCUT2D eigenvalue weighted by Gasteiger charge is -2.14. The molecule has 0 N–H and O–H groups in total. The summed E-state index contributed by atoms with van der Waals surface area (Å²) in [6.45, 7) is 0. The number of aromatic nitrogens is 2. The number of fused-ring (bicyclic) bond motifs is 1. The molecule has 90 valence electrons. The predicted octanol–water partition coefficient (Wildman–Crippen LogP) is 4.06. The Morgan fingerprint density at radius 2 is 2.41 bits per heavy atom. The van der Waals surface area contributed by atoms with Crippen LogP contribution in [-0.4, -0.2) is 21.1 Å². The molecule has 2 heterocycles. The van der Waals surface area contributed by atoms with Gasteiger partial charge in [-0.15, -0.1) is 11.6 Å². The molecule has 2 nitrogen and oxygen atoms in total. The van der Waals surface area contributed by atoms with E-state index in [0.29, 0.717) is 11.9 Å². The third-order valence-corrected chi connectivity index (χ3v) is 5.17. The number of halogens is 2. The molecule has 1 aromatic heterocycles. The zero-order valence-electron chi connectivity index (χ0n) is 9.20. The van der Waals surface area contributed by atoms with Crippen LogP contribution in [0.3, 0.4) is 0 Å². The fourth-order valence-corrected chi connectivity index (χ4v) is 4.21. The molecule has 17 heavy (non-hydrogen) atoms. The first kappa shape index (κ1) is 12.1. The highest BCUT2D eigenvalue weighted by molar-refractivity contribution is 14.1. The number of rotatable bonds is 2. The number of benzene rings is 1. The highest BCUT2D eigenvalue weighted by Crippen LogP contribution is 2.33. The Kier molecular flexibility index (Phi) is 3.54. The zero-order valence-corrected chi connectivity index (χ0v) is 12.9. The van der Waals surface area contributed by atoms with E-state index in [9.17, 15) is 0 Å². The summed E-state index contributed by atoms with van der Waals surface area (Å²) in [6, 6.07) is 7.01. The van der Waals surface area contributed by atoms with Crippen LogP contribution in [0.1, 0.15) is 18.3 Å². The minimum atomic E-state index is 0.492. The second-order valence-corrected chi connectivity index (χ2v) is 6.84. The third kappa shape index (κ3) is 2.19. The highest BCUT2D eigenvalue weighted by Gasteiger charge is 2.22. The van der Waals surface area contributed by atoms with E-state index in [1.807, 2.05) is 11.8 Å². The van der Waals surface area contributed by atoms with E-state index in [1.54, 1.807) is 0 Å². The van der Waals surface area contributed by atoms with Crippen LogP contribution in [0.25, 0.3) is 11.0 Å². The molecule has 1 fully saturated rings. The van der Waals surface area contributed by atoms with Gasteiger partial charge in [-0.05, 0) is 53.0 Å². The van der Waals surface area contributed by atoms with Gasteiger partial charge in [0.05, 0.1) is 16.9 Å². The van der Waals surface area contributed by atoms with E-state index >= 15 is 0 Å². The summed E-state index contributed by atoms with van der Waals surface area (Å²) in [5.41, 5.74) is 2.30. The Balaban J connectivity index is 2.19. The lowest BCUT2D eigenvalue weighted by molar-refractivity contribution is 0.558. The Hall–Kier alpha value is 0.0600. The second kappa shape index (κ2) is 4.97. The molecule has 0 amide bonds. The van der Waals surface area contributed by atoms with Crippen LogP contribution in [0.4, 0.5) is 0 Å². The van der Waals surface area contributed by atoms with Gasteiger partial charge in [0.15, 0.2) is 0 Å². The summed E-state index contributed by atoms with van der Waals surface area (Å²) in [5, 5.41) is 0. The molecule has 0 bridgehead atoms. The Bertz CT molecular complexity index is 549. The van der Waals surface area contributed by atoms with E-state index in [0.717, 1.165) is 11.3 Å². The molecule has 2 aromatic rings. The first-order chi connectivity index (χ1) is 8.29. The summed E-state index contributed by atoms with van der Waals surface area (Å²) >= 11 is 10.4. The van der Waals surface area contributed by atoms with Crippen LogP contribution in [-0.2, 0) is 5.88 Å². The normalized spacial score (nSPS) is 20.2. The van der Waals surface area contributed by atoms with Crippen molar-refractivity contribution in [2.45, 2.75) is 18.3 Å². The maximum Gasteiger partial charge on any atom is 0.125 e. The third-order valence-electron chi connectivity index (χ3n) is 3.11. The van der Waals surface area contributed by atoms with Crippen molar-refractivity contribution >= 4 is 57.0 Å². The molecule has 1 aliphatic rings. The van der Waals surface area contributed by atoms with Crippen LogP contribution in [0, 0.1) is 3.57 Å². The molecule has 0 saturated carbocycles. The monoisotopic (exact) mass is 378 g/mol. The maximum absolute atomic E-state index is 6.03. The summed E-state index contributed by atoms with van der Waals surface area (Å²) in [6.07, 6.45) is 1.23. The summed E-state index contributed by atoms with van der Waals surface area (Å²) < 4.78 is 3.57. The van der Waals surface area contributed by atoms with E-state index < -0.39 is 0 Å². The van der Waals surface area contributed by atoms with Gasteiger partial charge >= 0.3 is 0 Å². The SMILES string of the molecule is ClCc1nc2cc(I)ccc2n1C1CCSC1. The number of imidazole rings is 1. The predicted molar refractivity (Wildman–Crippen MR) is 83.0 cm³/mol. The van der Waals surface area contributed by atoms with E-state index in [1.165, 1.54) is 27.0 Å². The molecule has 1 unspecified atom stereocenters. The topological polar surface area (TPSA) is 17.8 Å². The van der Waals surface area contributed by atoms with Crippen LogP contribution in [0.15, 0.2) is 18.2 Å². The molecule has 3 rings (SSSR count). The lowest BCUT2D eigenvalue weighted by atomic mass is 10.2. The van der Waals surface area contributed by atoms with Gasteiger partial charge in [0.2, 0.25) is 0 Å². The van der Waals surface area contributed by atoms with Gasteiger partial charge in [0, 0.05) is 15.4 Å². The van der Waals surface area contributed by atoms with Crippen molar-refractivity contribution < 1.29 is 0 Å². The fraction of sp³-hybridized carbons (Fsp3) is 0.417. The van der Waals surface area contributed by atoms with Crippen molar-refractivity contribution in [1.82, 2.24) is 9.55 Å². The number of hydrogen-bond acceptors (Lipinski definition) is 2. The highest BCUT2D eigenvalue weighted by atomic mass is 127. The minimum absolute atomic E-state index is 0.492. The number of alkyl halides is 1. The lowest BCUT2D eigenvalue weighted by Crippen LogP contribution is -2.10. The van der Waals surface area contributed by atoms with E-state index in [2.05, 4.69) is 50.3 Å². The minimum Gasteiger partial charge on any atom is -0.323 e. The van der Waals surface area contributed by atoms with Crippen LogP contribution < -0.4 is 0 Å². The van der Waals surface area contributed by atoms with Crippen LogP contribution in [0.2, 0.25) is 0 Å². The number of thioether (sulfide) groups is 1. The van der Waals surface area contributed by atoms with Crippen LogP contribution >= 0.6 is 46.0 Å².